The van der Waals surface area contributed by atoms with E-state index in [1.165, 1.54) is 6.07 Å². The summed E-state index contributed by atoms with van der Waals surface area (Å²) in [5.41, 5.74) is 0.795. The maximum absolute atomic E-state index is 13.6. The second kappa shape index (κ2) is 11.2. The molecule has 160 valence electrons. The molecule has 1 aromatic carbocycles. The number of hydrogen-bond donors (Lipinski definition) is 2. The van der Waals surface area contributed by atoms with Crippen LogP contribution in [-0.4, -0.2) is 80.2 Å². The second-order valence-electron chi connectivity index (χ2n) is 6.63. The van der Waals surface area contributed by atoms with Gasteiger partial charge in [0.2, 0.25) is 0 Å². The first-order chi connectivity index (χ1) is 14.0. The monoisotopic (exact) mass is 407 g/mol. The van der Waals surface area contributed by atoms with Crippen molar-refractivity contribution in [2.45, 2.75) is 20.8 Å². The van der Waals surface area contributed by atoms with E-state index in [4.69, 9.17) is 4.74 Å². The van der Waals surface area contributed by atoms with Gasteiger partial charge in [-0.05, 0) is 38.5 Å². The fourth-order valence-electron chi connectivity index (χ4n) is 2.91. The molecule has 29 heavy (non-hydrogen) atoms. The molecule has 0 atom stereocenters. The van der Waals surface area contributed by atoms with E-state index < -0.39 is 5.82 Å². The molecule has 0 saturated carbocycles. The number of nitrogens with zero attached hydrogens (tertiary/aromatic N) is 3. The van der Waals surface area contributed by atoms with Crippen LogP contribution in [0.4, 0.5) is 9.18 Å². The lowest BCUT2D eigenvalue weighted by Crippen LogP contribution is -2.54. The minimum Gasteiger partial charge on any atom is -0.450 e. The third-order valence-electron chi connectivity index (χ3n) is 4.53. The lowest BCUT2D eigenvalue weighted by Gasteiger charge is -2.35. The summed E-state index contributed by atoms with van der Waals surface area (Å²) in [6.07, 6.45) is -0.288. The number of rotatable bonds is 6. The zero-order valence-corrected chi connectivity index (χ0v) is 17.3. The summed E-state index contributed by atoms with van der Waals surface area (Å²) in [6, 6.07) is 4.42. The molecule has 9 heteroatoms. The molecule has 2 rings (SSSR count). The molecule has 0 spiro atoms. The zero-order chi connectivity index (χ0) is 21.2. The van der Waals surface area contributed by atoms with Crippen LogP contribution in [0, 0.1) is 12.7 Å². The van der Waals surface area contributed by atoms with Crippen molar-refractivity contribution in [2.24, 2.45) is 4.99 Å². The van der Waals surface area contributed by atoms with Gasteiger partial charge in [-0.15, -0.1) is 0 Å². The highest BCUT2D eigenvalue weighted by Gasteiger charge is 2.23. The van der Waals surface area contributed by atoms with Gasteiger partial charge in [0.05, 0.1) is 13.2 Å². The van der Waals surface area contributed by atoms with Crippen molar-refractivity contribution in [3.63, 3.8) is 0 Å². The summed E-state index contributed by atoms with van der Waals surface area (Å²) in [4.78, 5) is 32.3. The zero-order valence-electron chi connectivity index (χ0n) is 17.3. The molecule has 0 radical (unpaired) electrons. The first-order valence-corrected chi connectivity index (χ1v) is 9.95. The van der Waals surface area contributed by atoms with Crippen LogP contribution in [0.15, 0.2) is 23.2 Å². The molecule has 1 aliphatic rings. The maximum Gasteiger partial charge on any atom is 0.409 e. The first-order valence-electron chi connectivity index (χ1n) is 9.95. The topological polar surface area (TPSA) is 86.3 Å². The molecule has 2 amide bonds. The lowest BCUT2D eigenvalue weighted by molar-refractivity contribution is 0.0914. The van der Waals surface area contributed by atoms with Crippen LogP contribution in [0.3, 0.4) is 0 Å². The Balaban J connectivity index is 1.83. The number of aliphatic imine (C=N–C) groups is 1. The van der Waals surface area contributed by atoms with Gasteiger partial charge in [0.1, 0.15) is 5.82 Å². The lowest BCUT2D eigenvalue weighted by atomic mass is 10.1. The van der Waals surface area contributed by atoms with E-state index in [2.05, 4.69) is 20.5 Å². The highest BCUT2D eigenvalue weighted by molar-refractivity contribution is 5.94. The predicted molar refractivity (Wildman–Crippen MR) is 110 cm³/mol. The van der Waals surface area contributed by atoms with Crippen LogP contribution in [0.5, 0.6) is 0 Å². The fourth-order valence-corrected chi connectivity index (χ4v) is 2.91. The van der Waals surface area contributed by atoms with Gasteiger partial charge in [-0.2, -0.15) is 0 Å². The Kier molecular flexibility index (Phi) is 8.69. The third kappa shape index (κ3) is 6.62. The van der Waals surface area contributed by atoms with Gasteiger partial charge in [0.15, 0.2) is 5.96 Å². The average molecular weight is 407 g/mol. The Hall–Kier alpha value is -2.84. The normalized spacial score (nSPS) is 14.6. The van der Waals surface area contributed by atoms with E-state index in [1.54, 1.807) is 30.9 Å². The minimum absolute atomic E-state index is 0.288. The number of carbonyl (C=O) groups excluding carboxylic acids is 2. The highest BCUT2D eigenvalue weighted by Crippen LogP contribution is 2.09. The van der Waals surface area contributed by atoms with Crippen molar-refractivity contribution in [1.29, 1.82) is 0 Å². The van der Waals surface area contributed by atoms with Crippen LogP contribution in [0.2, 0.25) is 0 Å². The summed E-state index contributed by atoms with van der Waals surface area (Å²) in [7, 11) is 0. The van der Waals surface area contributed by atoms with Gasteiger partial charge in [-0.3, -0.25) is 9.79 Å². The van der Waals surface area contributed by atoms with E-state index >= 15 is 0 Å². The van der Waals surface area contributed by atoms with Gasteiger partial charge in [0.25, 0.3) is 5.91 Å². The standard InChI is InChI=1S/C20H30FN5O3/c1-4-22-19(25-10-12-26(13-11-25)20(28)29-5-2)24-9-8-23-18(27)16-7-6-15(3)17(21)14-16/h6-7,14H,4-5,8-13H2,1-3H3,(H,22,24)(H,23,27). The average Bonchev–Trinajstić information content (AvgIpc) is 2.72. The van der Waals surface area contributed by atoms with Crippen molar-refractivity contribution in [3.05, 3.63) is 35.1 Å². The number of carbonyl (C=O) groups is 2. The molecule has 0 unspecified atom stereocenters. The van der Waals surface area contributed by atoms with Crippen molar-refractivity contribution in [1.82, 2.24) is 20.4 Å². The Morgan fingerprint density at radius 1 is 1.14 bits per heavy atom. The number of aryl methyl sites for hydroxylation is 1. The van der Waals surface area contributed by atoms with E-state index in [-0.39, 0.29) is 12.0 Å². The molecule has 8 nitrogen and oxygen atoms in total. The quantitative estimate of drug-likeness (QED) is 0.425. The largest absolute Gasteiger partial charge is 0.450 e. The second-order valence-corrected chi connectivity index (χ2v) is 6.63. The Morgan fingerprint density at radius 3 is 2.45 bits per heavy atom. The predicted octanol–water partition coefficient (Wildman–Crippen LogP) is 1.60. The summed E-state index contributed by atoms with van der Waals surface area (Å²) in [5.74, 6) is 0.0193. The smallest absolute Gasteiger partial charge is 0.409 e. The van der Waals surface area contributed by atoms with Crippen LogP contribution in [0.25, 0.3) is 0 Å². The van der Waals surface area contributed by atoms with Gasteiger partial charge in [-0.1, -0.05) is 6.07 Å². The van der Waals surface area contributed by atoms with Gasteiger partial charge >= 0.3 is 6.09 Å². The number of ether oxygens (including phenoxy) is 1. The summed E-state index contributed by atoms with van der Waals surface area (Å²) in [5, 5.41) is 5.99. The van der Waals surface area contributed by atoms with Gasteiger partial charge in [-0.25, -0.2) is 9.18 Å². The van der Waals surface area contributed by atoms with Gasteiger partial charge in [0, 0.05) is 44.8 Å². The molecule has 2 N–H and O–H groups in total. The molecule has 1 saturated heterocycles. The van der Waals surface area contributed by atoms with Gasteiger partial charge < -0.3 is 25.2 Å². The highest BCUT2D eigenvalue weighted by atomic mass is 19.1. The van der Waals surface area contributed by atoms with Crippen LogP contribution < -0.4 is 10.6 Å². The number of nitrogens with one attached hydrogen (secondary N) is 2. The van der Waals surface area contributed by atoms with E-state index in [0.29, 0.717) is 63.5 Å². The van der Waals surface area contributed by atoms with Crippen LogP contribution in [0.1, 0.15) is 29.8 Å². The van der Waals surface area contributed by atoms with E-state index in [9.17, 15) is 14.0 Å². The van der Waals surface area contributed by atoms with E-state index in [0.717, 1.165) is 5.96 Å². The van der Waals surface area contributed by atoms with Crippen molar-refractivity contribution in [3.8, 4) is 0 Å². The van der Waals surface area contributed by atoms with E-state index in [1.807, 2.05) is 6.92 Å². The number of guanidine groups is 1. The third-order valence-corrected chi connectivity index (χ3v) is 4.53. The van der Waals surface area contributed by atoms with Crippen molar-refractivity contribution in [2.75, 3.05) is 52.4 Å². The summed E-state index contributed by atoms with van der Waals surface area (Å²) < 4.78 is 18.6. The minimum atomic E-state index is -0.396. The number of benzene rings is 1. The molecule has 1 aliphatic heterocycles. The molecule has 1 heterocycles. The number of hydrogen-bond acceptors (Lipinski definition) is 4. The number of amides is 2. The molecule has 0 aromatic heterocycles. The molecule has 1 fully saturated rings. The first kappa shape index (κ1) is 22.4. The van der Waals surface area contributed by atoms with Crippen LogP contribution >= 0.6 is 0 Å². The Bertz CT molecular complexity index is 733. The number of piperazine rings is 1. The number of halogens is 1. The Morgan fingerprint density at radius 2 is 1.83 bits per heavy atom. The molecular formula is C20H30FN5O3. The Labute approximate surface area is 171 Å². The fraction of sp³-hybridized carbons (Fsp3) is 0.550. The molecule has 0 bridgehead atoms. The molecule has 0 aliphatic carbocycles. The molecule has 1 aromatic rings. The molecular weight excluding hydrogens is 377 g/mol. The summed E-state index contributed by atoms with van der Waals surface area (Å²) in [6.45, 7) is 9.68. The summed E-state index contributed by atoms with van der Waals surface area (Å²) >= 11 is 0. The van der Waals surface area contributed by atoms with Crippen LogP contribution in [-0.2, 0) is 4.74 Å². The van der Waals surface area contributed by atoms with Crippen molar-refractivity contribution >= 4 is 18.0 Å². The maximum atomic E-state index is 13.6. The SMILES string of the molecule is CCNC(=NCCNC(=O)c1ccc(C)c(F)c1)N1CCN(C(=O)OCC)CC1. The van der Waals surface area contributed by atoms with Crippen molar-refractivity contribution < 1.29 is 18.7 Å².